The second kappa shape index (κ2) is 7.71. The second-order valence-electron chi connectivity index (χ2n) is 6.53. The molecule has 8 nitrogen and oxygen atoms in total. The van der Waals surface area contributed by atoms with Gasteiger partial charge in [-0.3, -0.25) is 9.59 Å². The smallest absolute Gasteiger partial charge is 0.278 e. The summed E-state index contributed by atoms with van der Waals surface area (Å²) in [6.07, 6.45) is 1.88. The number of methoxy groups -OCH3 is 1. The fourth-order valence-electron chi connectivity index (χ4n) is 3.24. The van der Waals surface area contributed by atoms with Gasteiger partial charge in [-0.05, 0) is 38.1 Å². The molecule has 2 heterocycles. The third-order valence-corrected chi connectivity index (χ3v) is 4.70. The lowest BCUT2D eigenvalue weighted by Crippen LogP contribution is -2.48. The van der Waals surface area contributed by atoms with Crippen molar-refractivity contribution in [3.63, 3.8) is 0 Å². The summed E-state index contributed by atoms with van der Waals surface area (Å²) in [6, 6.07) is 6.96. The van der Waals surface area contributed by atoms with Crippen molar-refractivity contribution in [1.82, 2.24) is 25.6 Å². The van der Waals surface area contributed by atoms with Crippen molar-refractivity contribution in [2.45, 2.75) is 19.4 Å². The normalized spacial score (nSPS) is 16.7. The van der Waals surface area contributed by atoms with Crippen molar-refractivity contribution in [1.29, 1.82) is 0 Å². The first-order chi connectivity index (χ1) is 12.1. The molecule has 0 aliphatic carbocycles. The fraction of sp³-hybridized carbons (Fsp3) is 0.529. The summed E-state index contributed by atoms with van der Waals surface area (Å²) in [5.74, 6) is -0.249. The fourth-order valence-corrected chi connectivity index (χ4v) is 3.24. The lowest BCUT2D eigenvalue weighted by molar-refractivity contribution is -0.122. The third-order valence-electron chi connectivity index (χ3n) is 4.70. The van der Waals surface area contributed by atoms with Crippen molar-refractivity contribution in [3.8, 4) is 0 Å². The third kappa shape index (κ3) is 4.02. The number of hydrogen-bond donors (Lipinski definition) is 2. The Morgan fingerprint density at radius 1 is 1.36 bits per heavy atom. The van der Waals surface area contributed by atoms with Crippen LogP contribution in [0.2, 0.25) is 0 Å². The monoisotopic (exact) mass is 345 g/mol. The predicted octanol–water partition coefficient (Wildman–Crippen LogP) is -0.0761. The van der Waals surface area contributed by atoms with E-state index in [2.05, 4.69) is 20.9 Å². The van der Waals surface area contributed by atoms with Crippen LogP contribution in [0.15, 0.2) is 29.1 Å². The van der Waals surface area contributed by atoms with Crippen LogP contribution in [0.5, 0.6) is 0 Å². The zero-order valence-corrected chi connectivity index (χ0v) is 14.3. The number of benzene rings is 1. The summed E-state index contributed by atoms with van der Waals surface area (Å²) in [6.45, 7) is 2.81. The van der Waals surface area contributed by atoms with Gasteiger partial charge < -0.3 is 15.4 Å². The Morgan fingerprint density at radius 2 is 2.12 bits per heavy atom. The predicted molar refractivity (Wildman–Crippen MR) is 93.2 cm³/mol. The number of nitrogens with one attached hydrogen (secondary N) is 2. The number of ether oxygens (including phenoxy) is 1. The topological polar surface area (TPSA) is 98.1 Å². The van der Waals surface area contributed by atoms with Crippen LogP contribution < -0.4 is 16.2 Å². The molecule has 8 heteroatoms. The van der Waals surface area contributed by atoms with Crippen LogP contribution in [0.1, 0.15) is 12.8 Å². The summed E-state index contributed by atoms with van der Waals surface area (Å²) < 4.78 is 6.45. The SMILES string of the molecule is COCC1(CNC(=O)Cn2nnc3ccccc3c2=O)CCNCC1. The summed E-state index contributed by atoms with van der Waals surface area (Å²) >= 11 is 0. The van der Waals surface area contributed by atoms with Gasteiger partial charge >= 0.3 is 0 Å². The van der Waals surface area contributed by atoms with Gasteiger partial charge in [0.25, 0.3) is 5.56 Å². The van der Waals surface area contributed by atoms with E-state index in [1.54, 1.807) is 31.4 Å². The molecule has 25 heavy (non-hydrogen) atoms. The Kier molecular flexibility index (Phi) is 5.40. The van der Waals surface area contributed by atoms with Crippen molar-refractivity contribution in [2.75, 3.05) is 33.4 Å². The standard InChI is InChI=1S/C17H23N5O3/c1-25-12-17(6-8-18-9-7-17)11-19-15(23)10-22-16(24)13-4-2-3-5-14(13)20-21-22/h2-5,18H,6-12H2,1H3,(H,19,23). The van der Waals surface area contributed by atoms with E-state index in [0.717, 1.165) is 30.6 Å². The van der Waals surface area contributed by atoms with Gasteiger partial charge in [0.1, 0.15) is 12.1 Å². The molecule has 1 aliphatic heterocycles. The minimum Gasteiger partial charge on any atom is -0.384 e. The number of hydrogen-bond acceptors (Lipinski definition) is 6. The van der Waals surface area contributed by atoms with E-state index in [0.29, 0.717) is 24.1 Å². The molecule has 0 atom stereocenters. The molecule has 1 fully saturated rings. The summed E-state index contributed by atoms with van der Waals surface area (Å²) in [5.41, 5.74) is 0.155. The van der Waals surface area contributed by atoms with Crippen LogP contribution in [0.25, 0.3) is 10.9 Å². The van der Waals surface area contributed by atoms with Crippen molar-refractivity contribution < 1.29 is 9.53 Å². The van der Waals surface area contributed by atoms with Crippen LogP contribution in [-0.2, 0) is 16.1 Å². The van der Waals surface area contributed by atoms with Gasteiger partial charge in [-0.15, -0.1) is 5.10 Å². The lowest BCUT2D eigenvalue weighted by atomic mass is 9.79. The van der Waals surface area contributed by atoms with Gasteiger partial charge in [0.2, 0.25) is 5.91 Å². The zero-order valence-electron chi connectivity index (χ0n) is 14.3. The maximum absolute atomic E-state index is 12.4. The van der Waals surface area contributed by atoms with Gasteiger partial charge in [0, 0.05) is 19.1 Å². The highest BCUT2D eigenvalue weighted by atomic mass is 16.5. The molecular formula is C17H23N5O3. The van der Waals surface area contributed by atoms with Gasteiger partial charge in [-0.2, -0.15) is 0 Å². The van der Waals surface area contributed by atoms with Crippen molar-refractivity contribution in [3.05, 3.63) is 34.6 Å². The van der Waals surface area contributed by atoms with Crippen molar-refractivity contribution in [2.24, 2.45) is 5.41 Å². The van der Waals surface area contributed by atoms with E-state index >= 15 is 0 Å². The van der Waals surface area contributed by atoms with Gasteiger partial charge in [0.15, 0.2) is 0 Å². The largest absolute Gasteiger partial charge is 0.384 e. The second-order valence-corrected chi connectivity index (χ2v) is 6.53. The first-order valence-electron chi connectivity index (χ1n) is 8.42. The summed E-state index contributed by atoms with van der Waals surface area (Å²) in [4.78, 5) is 24.7. The molecule has 1 saturated heterocycles. The van der Waals surface area contributed by atoms with Gasteiger partial charge in [-0.25, -0.2) is 4.68 Å². The molecule has 134 valence electrons. The Morgan fingerprint density at radius 3 is 2.88 bits per heavy atom. The molecule has 2 N–H and O–H groups in total. The molecule has 0 spiro atoms. The van der Waals surface area contributed by atoms with Crippen molar-refractivity contribution >= 4 is 16.8 Å². The zero-order chi connectivity index (χ0) is 17.7. The Labute approximate surface area is 145 Å². The molecule has 0 unspecified atom stereocenters. The summed E-state index contributed by atoms with van der Waals surface area (Å²) in [5, 5.41) is 14.5. The number of carbonyl (C=O) groups is 1. The van der Waals surface area contributed by atoms with Gasteiger partial charge in [0.05, 0.1) is 12.0 Å². The molecule has 0 radical (unpaired) electrons. The molecule has 1 amide bonds. The number of fused-ring (bicyclic) bond motifs is 1. The highest BCUT2D eigenvalue weighted by Gasteiger charge is 2.32. The van der Waals surface area contributed by atoms with Crippen LogP contribution in [0.3, 0.4) is 0 Å². The maximum Gasteiger partial charge on any atom is 0.278 e. The first-order valence-corrected chi connectivity index (χ1v) is 8.42. The lowest BCUT2D eigenvalue weighted by Gasteiger charge is -2.37. The molecule has 1 aromatic heterocycles. The van der Waals surface area contributed by atoms with Crippen LogP contribution in [-0.4, -0.2) is 54.3 Å². The number of amides is 1. The molecule has 2 aromatic rings. The summed E-state index contributed by atoms with van der Waals surface area (Å²) in [7, 11) is 1.68. The molecular weight excluding hydrogens is 322 g/mol. The van der Waals surface area contributed by atoms with E-state index in [1.807, 2.05) is 0 Å². The van der Waals surface area contributed by atoms with Crippen LogP contribution >= 0.6 is 0 Å². The number of piperidine rings is 1. The molecule has 3 rings (SSSR count). The quantitative estimate of drug-likeness (QED) is 0.760. The minimum absolute atomic E-state index is 0.0598. The highest BCUT2D eigenvalue weighted by Crippen LogP contribution is 2.28. The molecule has 0 bridgehead atoms. The number of nitrogens with zero attached hydrogens (tertiary/aromatic N) is 3. The molecule has 1 aromatic carbocycles. The highest BCUT2D eigenvalue weighted by molar-refractivity contribution is 5.78. The van der Waals surface area contributed by atoms with Gasteiger partial charge in [-0.1, -0.05) is 17.3 Å². The van der Waals surface area contributed by atoms with E-state index in [4.69, 9.17) is 4.74 Å². The average molecular weight is 345 g/mol. The van der Waals surface area contributed by atoms with Crippen LogP contribution in [0, 0.1) is 5.41 Å². The number of rotatable bonds is 6. The van der Waals surface area contributed by atoms with E-state index in [-0.39, 0.29) is 23.4 Å². The van der Waals surface area contributed by atoms with Crippen LogP contribution in [0.4, 0.5) is 0 Å². The Hall–Kier alpha value is -2.32. The Balaban J connectivity index is 1.66. The van der Waals surface area contributed by atoms with E-state index in [9.17, 15) is 9.59 Å². The number of aromatic nitrogens is 3. The molecule has 0 saturated carbocycles. The number of carbonyl (C=O) groups excluding carboxylic acids is 1. The van der Waals surface area contributed by atoms with E-state index in [1.165, 1.54) is 0 Å². The Bertz CT molecular complexity index is 793. The minimum atomic E-state index is -0.311. The maximum atomic E-state index is 12.4. The average Bonchev–Trinajstić information content (AvgIpc) is 2.64. The van der Waals surface area contributed by atoms with E-state index < -0.39 is 0 Å². The first kappa shape index (κ1) is 17.5. The molecule has 1 aliphatic rings.